The molecule has 6 heteroatoms. The van der Waals surface area contributed by atoms with Crippen molar-refractivity contribution in [1.82, 2.24) is 5.32 Å². The molecular formula is C14H20N2O2S2. The highest BCUT2D eigenvalue weighted by atomic mass is 32.2. The Morgan fingerprint density at radius 2 is 1.95 bits per heavy atom. The minimum Gasteiger partial charge on any atom is -0.303 e. The van der Waals surface area contributed by atoms with Gasteiger partial charge in [0.1, 0.15) is 5.54 Å². The van der Waals surface area contributed by atoms with Gasteiger partial charge in [-0.2, -0.15) is 5.26 Å². The molecule has 0 aliphatic carbocycles. The van der Waals surface area contributed by atoms with Crippen LogP contribution >= 0.6 is 11.8 Å². The van der Waals surface area contributed by atoms with Gasteiger partial charge in [-0.05, 0) is 44.7 Å². The van der Waals surface area contributed by atoms with E-state index in [1.165, 1.54) is 6.26 Å². The van der Waals surface area contributed by atoms with Crippen molar-refractivity contribution >= 4 is 21.6 Å². The number of hydrogen-bond donors (Lipinski definition) is 1. The Labute approximate surface area is 125 Å². The number of rotatable bonds is 6. The van der Waals surface area contributed by atoms with Crippen LogP contribution in [0.3, 0.4) is 0 Å². The number of nitrogens with one attached hydrogen (secondary N) is 1. The fraction of sp³-hybridized carbons (Fsp3) is 0.500. The van der Waals surface area contributed by atoms with E-state index < -0.39 is 15.4 Å². The summed E-state index contributed by atoms with van der Waals surface area (Å²) in [6.07, 6.45) is 1.90. The molecule has 0 heterocycles. The first kappa shape index (κ1) is 17.0. The Bertz CT molecular complexity index is 591. The topological polar surface area (TPSA) is 70.0 Å². The van der Waals surface area contributed by atoms with Crippen LogP contribution in [0.25, 0.3) is 0 Å². The van der Waals surface area contributed by atoms with Gasteiger partial charge in [-0.15, -0.1) is 11.8 Å². The summed E-state index contributed by atoms with van der Waals surface area (Å²) >= 11 is 1.63. The molecule has 0 bridgehead atoms. The minimum atomic E-state index is -3.15. The second-order valence-corrected chi connectivity index (χ2v) is 8.60. The molecule has 0 amide bonds. The summed E-state index contributed by atoms with van der Waals surface area (Å²) in [5, 5.41) is 12.4. The molecule has 1 aromatic rings. The van der Waals surface area contributed by atoms with E-state index in [1.54, 1.807) is 43.1 Å². The summed E-state index contributed by atoms with van der Waals surface area (Å²) in [5.74, 6) is 0. The summed E-state index contributed by atoms with van der Waals surface area (Å²) in [6.45, 7) is 3.93. The molecule has 0 spiro atoms. The van der Waals surface area contributed by atoms with Gasteiger partial charge < -0.3 is 5.32 Å². The van der Waals surface area contributed by atoms with Crippen LogP contribution in [0.1, 0.15) is 20.3 Å². The van der Waals surface area contributed by atoms with E-state index in [4.69, 9.17) is 5.26 Å². The minimum absolute atomic E-state index is 0.246. The molecule has 4 nitrogen and oxygen atoms in total. The highest BCUT2D eigenvalue weighted by Crippen LogP contribution is 2.29. The maximum Gasteiger partial charge on any atom is 0.175 e. The summed E-state index contributed by atoms with van der Waals surface area (Å²) < 4.78 is 22.8. The second kappa shape index (κ2) is 6.61. The lowest BCUT2D eigenvalue weighted by Gasteiger charge is -2.24. The highest BCUT2D eigenvalue weighted by Gasteiger charge is 2.24. The Morgan fingerprint density at radius 3 is 2.35 bits per heavy atom. The number of nitrogens with zero attached hydrogens (tertiary/aromatic N) is 1. The van der Waals surface area contributed by atoms with Crippen molar-refractivity contribution < 1.29 is 8.42 Å². The zero-order valence-electron chi connectivity index (χ0n) is 12.2. The van der Waals surface area contributed by atoms with Crippen LogP contribution in [0.5, 0.6) is 0 Å². The van der Waals surface area contributed by atoms with Crippen LogP contribution in [0.2, 0.25) is 0 Å². The van der Waals surface area contributed by atoms with Gasteiger partial charge in [-0.3, -0.25) is 0 Å². The van der Waals surface area contributed by atoms with Crippen molar-refractivity contribution in [3.05, 3.63) is 24.3 Å². The Morgan fingerprint density at radius 1 is 1.40 bits per heavy atom. The van der Waals surface area contributed by atoms with Crippen molar-refractivity contribution in [2.45, 2.75) is 40.8 Å². The largest absolute Gasteiger partial charge is 0.303 e. The average molecular weight is 312 g/mol. The third kappa shape index (κ3) is 4.82. The zero-order valence-corrected chi connectivity index (χ0v) is 13.8. The molecule has 0 saturated carbocycles. The smallest absolute Gasteiger partial charge is 0.175 e. The van der Waals surface area contributed by atoms with Crippen LogP contribution in [0.4, 0.5) is 0 Å². The van der Waals surface area contributed by atoms with Gasteiger partial charge in [0, 0.05) is 16.4 Å². The van der Waals surface area contributed by atoms with Crippen molar-refractivity contribution in [3.63, 3.8) is 0 Å². The third-order valence-electron chi connectivity index (χ3n) is 3.08. The van der Waals surface area contributed by atoms with E-state index in [0.717, 1.165) is 4.90 Å². The number of benzene rings is 1. The second-order valence-electron chi connectivity index (χ2n) is 5.07. The Kier molecular flexibility index (Phi) is 5.63. The van der Waals surface area contributed by atoms with Gasteiger partial charge in [-0.25, -0.2) is 8.42 Å². The molecule has 0 aliphatic rings. The van der Waals surface area contributed by atoms with Gasteiger partial charge in [0.2, 0.25) is 0 Å². The highest BCUT2D eigenvalue weighted by molar-refractivity contribution is 8.00. The van der Waals surface area contributed by atoms with Crippen LogP contribution in [-0.2, 0) is 9.84 Å². The van der Waals surface area contributed by atoms with Crippen LogP contribution in [-0.4, -0.2) is 32.5 Å². The maximum atomic E-state index is 11.4. The molecule has 0 radical (unpaired) electrons. The van der Waals surface area contributed by atoms with Gasteiger partial charge >= 0.3 is 0 Å². The molecule has 1 rings (SSSR count). The lowest BCUT2D eigenvalue weighted by molar-refractivity contribution is 0.455. The molecule has 110 valence electrons. The van der Waals surface area contributed by atoms with Crippen LogP contribution in [0, 0.1) is 11.3 Å². The molecule has 0 aliphatic heterocycles. The Balaban J connectivity index is 2.73. The summed E-state index contributed by atoms with van der Waals surface area (Å²) in [7, 11) is -1.37. The fourth-order valence-electron chi connectivity index (χ4n) is 1.82. The van der Waals surface area contributed by atoms with E-state index in [2.05, 4.69) is 18.3 Å². The predicted molar refractivity (Wildman–Crippen MR) is 82.6 cm³/mol. The predicted octanol–water partition coefficient (Wildman–Crippen LogP) is 2.46. The van der Waals surface area contributed by atoms with E-state index in [0.29, 0.717) is 11.3 Å². The summed E-state index contributed by atoms with van der Waals surface area (Å²) in [4.78, 5) is 1.33. The SMILES string of the molecule is CNC(C)(C#N)CC(C)Sc1ccc(S(C)(=O)=O)cc1. The third-order valence-corrected chi connectivity index (χ3v) is 5.33. The molecule has 0 aromatic heterocycles. The molecule has 0 fully saturated rings. The molecule has 2 unspecified atom stereocenters. The van der Waals surface area contributed by atoms with E-state index in [1.807, 2.05) is 6.92 Å². The van der Waals surface area contributed by atoms with Gasteiger partial charge in [0.15, 0.2) is 9.84 Å². The van der Waals surface area contributed by atoms with Crippen molar-refractivity contribution in [2.75, 3.05) is 13.3 Å². The monoisotopic (exact) mass is 312 g/mol. The molecule has 2 atom stereocenters. The summed E-state index contributed by atoms with van der Waals surface area (Å²) in [5.41, 5.74) is -0.543. The van der Waals surface area contributed by atoms with Gasteiger partial charge in [-0.1, -0.05) is 6.92 Å². The maximum absolute atomic E-state index is 11.4. The summed E-state index contributed by atoms with van der Waals surface area (Å²) in [6, 6.07) is 9.12. The van der Waals surface area contributed by atoms with Crippen molar-refractivity contribution in [1.29, 1.82) is 5.26 Å². The van der Waals surface area contributed by atoms with Gasteiger partial charge in [0.05, 0.1) is 11.0 Å². The van der Waals surface area contributed by atoms with Crippen LogP contribution < -0.4 is 5.32 Å². The van der Waals surface area contributed by atoms with E-state index in [9.17, 15) is 8.42 Å². The number of nitriles is 1. The fourth-order valence-corrected chi connectivity index (χ4v) is 3.62. The first-order chi connectivity index (χ1) is 9.20. The van der Waals surface area contributed by atoms with Crippen LogP contribution in [0.15, 0.2) is 34.1 Å². The molecular weight excluding hydrogens is 292 g/mol. The number of thioether (sulfide) groups is 1. The van der Waals surface area contributed by atoms with E-state index >= 15 is 0 Å². The zero-order chi connectivity index (χ0) is 15.4. The lowest BCUT2D eigenvalue weighted by atomic mass is 9.98. The first-order valence-electron chi connectivity index (χ1n) is 6.27. The molecule has 1 N–H and O–H groups in total. The van der Waals surface area contributed by atoms with Crippen molar-refractivity contribution in [2.24, 2.45) is 0 Å². The van der Waals surface area contributed by atoms with Crippen molar-refractivity contribution in [3.8, 4) is 6.07 Å². The number of sulfone groups is 1. The quantitative estimate of drug-likeness (QED) is 0.817. The normalized spacial score (nSPS) is 16.1. The number of hydrogen-bond acceptors (Lipinski definition) is 5. The Hall–Kier alpha value is -1.03. The molecule has 20 heavy (non-hydrogen) atoms. The molecule has 0 saturated heterocycles. The standard InChI is InChI=1S/C14H20N2O2S2/c1-11(9-14(2,10-15)16-3)19-12-5-7-13(8-6-12)20(4,17)18/h5-8,11,16H,9H2,1-4H3. The van der Waals surface area contributed by atoms with Gasteiger partial charge in [0.25, 0.3) is 0 Å². The average Bonchev–Trinajstić information content (AvgIpc) is 2.38. The lowest BCUT2D eigenvalue weighted by Crippen LogP contribution is -2.40. The first-order valence-corrected chi connectivity index (χ1v) is 9.04. The van der Waals surface area contributed by atoms with E-state index in [-0.39, 0.29) is 5.25 Å². The molecule has 1 aromatic carbocycles.